The zero-order valence-corrected chi connectivity index (χ0v) is 15.0. The van der Waals surface area contributed by atoms with E-state index in [1.54, 1.807) is 23.2 Å². The van der Waals surface area contributed by atoms with E-state index in [1.807, 2.05) is 31.2 Å². The summed E-state index contributed by atoms with van der Waals surface area (Å²) < 4.78 is 0. The van der Waals surface area contributed by atoms with Gasteiger partial charge in [-0.3, -0.25) is 4.79 Å². The minimum absolute atomic E-state index is 0.0319. The molecule has 2 heterocycles. The number of aromatic nitrogens is 1. The van der Waals surface area contributed by atoms with Crippen molar-refractivity contribution in [2.24, 2.45) is 0 Å². The molecule has 0 aliphatic carbocycles. The van der Waals surface area contributed by atoms with Gasteiger partial charge in [0.1, 0.15) is 11.4 Å². The Labute approximate surface area is 152 Å². The van der Waals surface area contributed by atoms with E-state index in [4.69, 9.17) is 11.6 Å². The van der Waals surface area contributed by atoms with Crippen LogP contribution in [0.4, 0.5) is 5.82 Å². The number of hydrogen-bond acceptors (Lipinski definition) is 4. The molecule has 132 valence electrons. The summed E-state index contributed by atoms with van der Waals surface area (Å²) in [5.74, 6) is 0.722. The van der Waals surface area contributed by atoms with Gasteiger partial charge in [-0.25, -0.2) is 4.98 Å². The fourth-order valence-corrected chi connectivity index (χ4v) is 3.15. The van der Waals surface area contributed by atoms with Crippen molar-refractivity contribution in [1.82, 2.24) is 9.88 Å². The highest BCUT2D eigenvalue weighted by Gasteiger charge is 2.39. The van der Waals surface area contributed by atoms with Crippen molar-refractivity contribution < 1.29 is 9.90 Å². The highest BCUT2D eigenvalue weighted by atomic mass is 35.5. The van der Waals surface area contributed by atoms with Crippen molar-refractivity contribution in [3.8, 4) is 0 Å². The van der Waals surface area contributed by atoms with Crippen LogP contribution in [0.15, 0.2) is 42.6 Å². The molecule has 0 bridgehead atoms. The van der Waals surface area contributed by atoms with Crippen LogP contribution >= 0.6 is 11.6 Å². The van der Waals surface area contributed by atoms with Crippen molar-refractivity contribution in [3.63, 3.8) is 0 Å². The van der Waals surface area contributed by atoms with Gasteiger partial charge in [0.25, 0.3) is 0 Å². The summed E-state index contributed by atoms with van der Waals surface area (Å²) in [6, 6.07) is 11.4. The fraction of sp³-hybridized carbons (Fsp3) is 0.368. The number of benzene rings is 1. The van der Waals surface area contributed by atoms with E-state index < -0.39 is 5.60 Å². The van der Waals surface area contributed by atoms with Crippen molar-refractivity contribution in [3.05, 3.63) is 58.7 Å². The molecule has 1 aromatic heterocycles. The first-order valence-electron chi connectivity index (χ1n) is 8.39. The molecule has 5 nitrogen and oxygen atoms in total. The molecule has 2 N–H and O–H groups in total. The summed E-state index contributed by atoms with van der Waals surface area (Å²) in [6.45, 7) is 3.42. The molecule has 1 saturated heterocycles. The Morgan fingerprint density at radius 2 is 2.08 bits per heavy atom. The van der Waals surface area contributed by atoms with Gasteiger partial charge in [0.15, 0.2) is 0 Å². The number of carbonyl (C=O) groups excluding carboxylic acids is 1. The molecule has 1 fully saturated rings. The second kappa shape index (κ2) is 7.42. The predicted octanol–water partition coefficient (Wildman–Crippen LogP) is 2.97. The maximum Gasteiger partial charge on any atom is 0.224 e. The van der Waals surface area contributed by atoms with Gasteiger partial charge in [-0.1, -0.05) is 41.4 Å². The number of halogens is 1. The molecular formula is C19H22ClN3O2. The summed E-state index contributed by atoms with van der Waals surface area (Å²) in [5, 5.41) is 14.6. The summed E-state index contributed by atoms with van der Waals surface area (Å²) in [6.07, 6.45) is 2.48. The maximum absolute atomic E-state index is 12.4. The lowest BCUT2D eigenvalue weighted by Crippen LogP contribution is -2.35. The molecule has 25 heavy (non-hydrogen) atoms. The number of nitrogens with zero attached hydrogens (tertiary/aromatic N) is 2. The smallest absolute Gasteiger partial charge is 0.224 e. The Hall–Kier alpha value is -2.11. The predicted molar refractivity (Wildman–Crippen MR) is 98.6 cm³/mol. The molecule has 0 radical (unpaired) electrons. The van der Waals surface area contributed by atoms with Crippen LogP contribution < -0.4 is 5.32 Å². The van der Waals surface area contributed by atoms with E-state index in [0.717, 1.165) is 11.1 Å². The lowest BCUT2D eigenvalue weighted by Gasteiger charge is -2.24. The zero-order valence-electron chi connectivity index (χ0n) is 14.2. The molecule has 0 unspecified atom stereocenters. The van der Waals surface area contributed by atoms with Gasteiger partial charge >= 0.3 is 0 Å². The zero-order chi connectivity index (χ0) is 17.9. The number of amides is 1. The highest BCUT2D eigenvalue weighted by Crippen LogP contribution is 2.32. The highest BCUT2D eigenvalue weighted by molar-refractivity contribution is 6.30. The first-order chi connectivity index (χ1) is 12.0. The lowest BCUT2D eigenvalue weighted by atomic mass is 9.92. The van der Waals surface area contributed by atoms with E-state index in [-0.39, 0.29) is 5.91 Å². The number of nitrogens with one attached hydrogen (secondary N) is 1. The van der Waals surface area contributed by atoms with Gasteiger partial charge in [0, 0.05) is 25.7 Å². The minimum Gasteiger partial charge on any atom is -0.383 e. The van der Waals surface area contributed by atoms with E-state index in [0.29, 0.717) is 43.3 Å². The number of aliphatic hydroxyl groups is 1. The lowest BCUT2D eigenvalue weighted by molar-refractivity contribution is -0.130. The van der Waals surface area contributed by atoms with Crippen LogP contribution in [0.2, 0.25) is 5.02 Å². The molecule has 0 spiro atoms. The summed E-state index contributed by atoms with van der Waals surface area (Å²) >= 11 is 5.79. The minimum atomic E-state index is -0.950. The maximum atomic E-state index is 12.4. The molecular weight excluding hydrogens is 338 g/mol. The van der Waals surface area contributed by atoms with Gasteiger partial charge < -0.3 is 15.3 Å². The first kappa shape index (κ1) is 17.7. The third-order valence-electron chi connectivity index (χ3n) is 4.56. The van der Waals surface area contributed by atoms with Crippen molar-refractivity contribution in [2.75, 3.05) is 25.0 Å². The number of pyridine rings is 1. The Morgan fingerprint density at radius 1 is 1.32 bits per heavy atom. The van der Waals surface area contributed by atoms with Gasteiger partial charge in [-0.05, 0) is 31.0 Å². The van der Waals surface area contributed by atoms with Crippen LogP contribution in [0.5, 0.6) is 0 Å². The van der Waals surface area contributed by atoms with Crippen molar-refractivity contribution in [2.45, 2.75) is 25.4 Å². The van der Waals surface area contributed by atoms with Gasteiger partial charge in [0.05, 0.1) is 11.6 Å². The second-order valence-corrected chi connectivity index (χ2v) is 6.94. The van der Waals surface area contributed by atoms with Crippen LogP contribution in [0.3, 0.4) is 0 Å². The Morgan fingerprint density at radius 3 is 2.76 bits per heavy atom. The topological polar surface area (TPSA) is 65.5 Å². The molecule has 1 atom stereocenters. The number of carbonyl (C=O) groups is 1. The normalized spacial score (nSPS) is 19.9. The largest absolute Gasteiger partial charge is 0.383 e. The monoisotopic (exact) mass is 359 g/mol. The molecule has 0 saturated carbocycles. The summed E-state index contributed by atoms with van der Waals surface area (Å²) in [5.41, 5.74) is 1.08. The molecule has 2 aromatic rings. The molecule has 3 rings (SSSR count). The van der Waals surface area contributed by atoms with Gasteiger partial charge in [0.2, 0.25) is 5.91 Å². The van der Waals surface area contributed by atoms with Crippen LogP contribution in [0.25, 0.3) is 0 Å². The van der Waals surface area contributed by atoms with Gasteiger partial charge in [-0.15, -0.1) is 0 Å². The fourth-order valence-electron chi connectivity index (χ4n) is 3.04. The van der Waals surface area contributed by atoms with Crippen molar-refractivity contribution in [1.29, 1.82) is 0 Å². The second-order valence-electron chi connectivity index (χ2n) is 6.50. The Kier molecular flexibility index (Phi) is 5.25. The summed E-state index contributed by atoms with van der Waals surface area (Å²) in [4.78, 5) is 18.3. The number of β-amino-alcohol motifs (C(OH)–C–C–N with tert-alkyl or cyclic N) is 1. The molecule has 1 aromatic carbocycles. The molecule has 6 heteroatoms. The third kappa shape index (κ3) is 4.30. The number of anilines is 1. The first-order valence-corrected chi connectivity index (χ1v) is 8.77. The van der Waals surface area contributed by atoms with E-state index in [2.05, 4.69) is 10.3 Å². The van der Waals surface area contributed by atoms with E-state index >= 15 is 0 Å². The summed E-state index contributed by atoms with van der Waals surface area (Å²) in [7, 11) is 0. The van der Waals surface area contributed by atoms with Crippen molar-refractivity contribution >= 4 is 23.3 Å². The van der Waals surface area contributed by atoms with Crippen LogP contribution in [0.1, 0.15) is 24.0 Å². The number of aryl methyl sites for hydroxylation is 1. The Balaban J connectivity index is 1.52. The Bertz CT molecular complexity index is 733. The molecule has 1 amide bonds. The van der Waals surface area contributed by atoms with Crippen LogP contribution in [-0.2, 0) is 10.4 Å². The molecule has 1 aliphatic rings. The van der Waals surface area contributed by atoms with Gasteiger partial charge in [-0.2, -0.15) is 0 Å². The quantitative estimate of drug-likeness (QED) is 0.861. The standard InChI is InChI=1S/C19H22ClN3O2/c1-14-2-4-15(5-3-14)19(25)9-11-23(13-19)18(24)8-10-21-17-7-6-16(20)12-22-17/h2-7,12,25H,8-11,13H2,1H3,(H,21,22)/t19-/m0/s1. The van der Waals surface area contributed by atoms with E-state index in [1.165, 1.54) is 0 Å². The van der Waals surface area contributed by atoms with Crippen LogP contribution in [0, 0.1) is 6.92 Å². The number of likely N-dealkylation sites (tertiary alicyclic amines) is 1. The molecule has 1 aliphatic heterocycles. The third-order valence-corrected chi connectivity index (χ3v) is 4.79. The SMILES string of the molecule is Cc1ccc([C@]2(O)CCN(C(=O)CCNc3ccc(Cl)cn3)C2)cc1. The average molecular weight is 360 g/mol. The number of hydrogen-bond donors (Lipinski definition) is 2. The van der Waals surface area contributed by atoms with E-state index in [9.17, 15) is 9.90 Å². The number of rotatable bonds is 5. The average Bonchev–Trinajstić information content (AvgIpc) is 3.01. The van der Waals surface area contributed by atoms with Crippen LogP contribution in [-0.4, -0.2) is 40.5 Å².